The Kier molecular flexibility index (Phi) is 3.94. The van der Waals surface area contributed by atoms with E-state index in [9.17, 15) is 14.7 Å². The molecule has 0 aliphatic heterocycles. The molecule has 2 rings (SSSR count). The summed E-state index contributed by atoms with van der Waals surface area (Å²) >= 11 is 3.37. The van der Waals surface area contributed by atoms with Gasteiger partial charge < -0.3 is 10.4 Å². The van der Waals surface area contributed by atoms with Crippen LogP contribution in [0.3, 0.4) is 0 Å². The zero-order valence-corrected chi connectivity index (χ0v) is 12.3. The third-order valence-corrected chi connectivity index (χ3v) is 4.51. The predicted octanol–water partition coefficient (Wildman–Crippen LogP) is 2.88. The van der Waals surface area contributed by atoms with Crippen LogP contribution in [0.4, 0.5) is 0 Å². The number of rotatable bonds is 3. The third-order valence-electron chi connectivity index (χ3n) is 3.65. The molecule has 1 aromatic rings. The quantitative estimate of drug-likeness (QED) is 0.897. The molecule has 0 spiro atoms. The first-order valence-electron chi connectivity index (χ1n) is 6.27. The molecule has 0 radical (unpaired) electrons. The van der Waals surface area contributed by atoms with Gasteiger partial charge in [0.05, 0.1) is 0 Å². The number of nitrogens with one attached hydrogen (secondary N) is 1. The Labute approximate surface area is 120 Å². The molecule has 1 aliphatic carbocycles. The molecule has 1 amide bonds. The van der Waals surface area contributed by atoms with Crippen molar-refractivity contribution in [1.29, 1.82) is 0 Å². The molecule has 0 atom stereocenters. The highest BCUT2D eigenvalue weighted by molar-refractivity contribution is 9.10. The van der Waals surface area contributed by atoms with Gasteiger partial charge in [-0.15, -0.1) is 0 Å². The van der Waals surface area contributed by atoms with Crippen molar-refractivity contribution in [1.82, 2.24) is 5.32 Å². The Morgan fingerprint density at radius 3 is 2.47 bits per heavy atom. The lowest BCUT2D eigenvalue weighted by Gasteiger charge is -2.25. The largest absolute Gasteiger partial charge is 0.480 e. The molecule has 0 bridgehead atoms. The number of hydrogen-bond donors (Lipinski definition) is 2. The fourth-order valence-electron chi connectivity index (χ4n) is 2.39. The van der Waals surface area contributed by atoms with Gasteiger partial charge in [-0.2, -0.15) is 0 Å². The number of carbonyl (C=O) groups is 2. The van der Waals surface area contributed by atoms with Crippen LogP contribution in [-0.4, -0.2) is 22.5 Å². The summed E-state index contributed by atoms with van der Waals surface area (Å²) < 4.78 is 0.843. The standard InChI is InChI=1S/C14H16BrNO3/c1-9-4-5-10(8-11(9)15)12(17)16-14(13(18)19)6-2-3-7-14/h4-5,8H,2-3,6-7H2,1H3,(H,16,17)(H,18,19). The smallest absolute Gasteiger partial charge is 0.329 e. The third kappa shape index (κ3) is 2.81. The highest BCUT2D eigenvalue weighted by Gasteiger charge is 2.42. The molecule has 1 fully saturated rings. The van der Waals surface area contributed by atoms with Gasteiger partial charge in [-0.25, -0.2) is 4.79 Å². The van der Waals surface area contributed by atoms with Crippen molar-refractivity contribution in [2.24, 2.45) is 0 Å². The predicted molar refractivity (Wildman–Crippen MR) is 75.2 cm³/mol. The minimum atomic E-state index is -1.09. The number of benzene rings is 1. The zero-order valence-electron chi connectivity index (χ0n) is 10.7. The van der Waals surface area contributed by atoms with Gasteiger partial charge in [0.15, 0.2) is 0 Å². The molecule has 102 valence electrons. The first-order valence-corrected chi connectivity index (χ1v) is 7.06. The normalized spacial score (nSPS) is 17.2. The van der Waals surface area contributed by atoms with Gasteiger partial charge in [-0.3, -0.25) is 4.79 Å². The highest BCUT2D eigenvalue weighted by Crippen LogP contribution is 2.30. The Morgan fingerprint density at radius 2 is 1.95 bits per heavy atom. The maximum atomic E-state index is 12.2. The Balaban J connectivity index is 2.20. The van der Waals surface area contributed by atoms with Crippen LogP contribution in [0.2, 0.25) is 0 Å². The molecule has 1 saturated carbocycles. The molecular weight excluding hydrogens is 310 g/mol. The van der Waals surface area contributed by atoms with Crippen molar-refractivity contribution in [2.75, 3.05) is 0 Å². The van der Waals surface area contributed by atoms with Crippen molar-refractivity contribution in [3.63, 3.8) is 0 Å². The fraction of sp³-hybridized carbons (Fsp3) is 0.429. The van der Waals surface area contributed by atoms with Crippen LogP contribution in [0.1, 0.15) is 41.6 Å². The summed E-state index contributed by atoms with van der Waals surface area (Å²) in [6.45, 7) is 1.93. The van der Waals surface area contributed by atoms with Gasteiger partial charge in [0.2, 0.25) is 0 Å². The minimum Gasteiger partial charge on any atom is -0.480 e. The molecule has 1 aromatic carbocycles. The molecule has 5 heteroatoms. The summed E-state index contributed by atoms with van der Waals surface area (Å²) in [7, 11) is 0. The van der Waals surface area contributed by atoms with E-state index in [4.69, 9.17) is 0 Å². The van der Waals surface area contributed by atoms with Crippen LogP contribution >= 0.6 is 15.9 Å². The lowest BCUT2D eigenvalue weighted by atomic mass is 9.97. The number of carbonyl (C=O) groups excluding carboxylic acids is 1. The Hall–Kier alpha value is -1.36. The van der Waals surface area contributed by atoms with E-state index in [0.717, 1.165) is 22.9 Å². The van der Waals surface area contributed by atoms with Crippen LogP contribution in [0.25, 0.3) is 0 Å². The van der Waals surface area contributed by atoms with Gasteiger partial charge in [0, 0.05) is 10.0 Å². The van der Waals surface area contributed by atoms with Crippen molar-refractivity contribution in [3.8, 4) is 0 Å². The maximum Gasteiger partial charge on any atom is 0.329 e. The van der Waals surface area contributed by atoms with Crippen LogP contribution < -0.4 is 5.32 Å². The van der Waals surface area contributed by atoms with E-state index in [-0.39, 0.29) is 5.91 Å². The van der Waals surface area contributed by atoms with Gasteiger partial charge in [0.1, 0.15) is 5.54 Å². The van der Waals surface area contributed by atoms with E-state index in [2.05, 4.69) is 21.2 Å². The van der Waals surface area contributed by atoms with E-state index in [1.165, 1.54) is 0 Å². The number of amides is 1. The molecular formula is C14H16BrNO3. The molecule has 1 aliphatic rings. The summed E-state index contributed by atoms with van der Waals surface area (Å²) in [6.07, 6.45) is 2.68. The average molecular weight is 326 g/mol. The zero-order chi connectivity index (χ0) is 14.0. The minimum absolute atomic E-state index is 0.329. The fourth-order valence-corrected chi connectivity index (χ4v) is 2.77. The lowest BCUT2D eigenvalue weighted by Crippen LogP contribution is -2.52. The molecule has 0 unspecified atom stereocenters. The van der Waals surface area contributed by atoms with Crippen LogP contribution in [0.15, 0.2) is 22.7 Å². The summed E-state index contributed by atoms with van der Waals surface area (Å²) in [5.41, 5.74) is 0.421. The molecule has 0 aromatic heterocycles. The molecule has 2 N–H and O–H groups in total. The van der Waals surface area contributed by atoms with Gasteiger partial charge in [0.25, 0.3) is 5.91 Å². The summed E-state index contributed by atoms with van der Waals surface area (Å²) in [5, 5.41) is 12.0. The van der Waals surface area contributed by atoms with Gasteiger partial charge in [-0.05, 0) is 37.5 Å². The van der Waals surface area contributed by atoms with E-state index >= 15 is 0 Å². The maximum absolute atomic E-state index is 12.2. The van der Waals surface area contributed by atoms with E-state index in [1.54, 1.807) is 12.1 Å². The van der Waals surface area contributed by atoms with Gasteiger partial charge >= 0.3 is 5.97 Å². The van der Waals surface area contributed by atoms with E-state index < -0.39 is 11.5 Å². The van der Waals surface area contributed by atoms with Crippen molar-refractivity contribution in [2.45, 2.75) is 38.1 Å². The second kappa shape index (κ2) is 5.33. The van der Waals surface area contributed by atoms with Crippen LogP contribution in [0, 0.1) is 6.92 Å². The first kappa shape index (κ1) is 14.1. The Bertz CT molecular complexity index is 521. The summed E-state index contributed by atoms with van der Waals surface area (Å²) in [5.74, 6) is -1.27. The van der Waals surface area contributed by atoms with Crippen molar-refractivity contribution in [3.05, 3.63) is 33.8 Å². The second-order valence-electron chi connectivity index (χ2n) is 5.01. The van der Waals surface area contributed by atoms with Crippen LogP contribution in [-0.2, 0) is 4.79 Å². The van der Waals surface area contributed by atoms with Crippen LogP contribution in [0.5, 0.6) is 0 Å². The number of carboxylic acids is 1. The second-order valence-corrected chi connectivity index (χ2v) is 5.87. The number of hydrogen-bond acceptors (Lipinski definition) is 2. The summed E-state index contributed by atoms with van der Waals surface area (Å²) in [6, 6.07) is 5.26. The van der Waals surface area contributed by atoms with E-state index in [0.29, 0.717) is 18.4 Å². The van der Waals surface area contributed by atoms with Crippen molar-refractivity contribution < 1.29 is 14.7 Å². The van der Waals surface area contributed by atoms with Crippen molar-refractivity contribution >= 4 is 27.8 Å². The summed E-state index contributed by atoms with van der Waals surface area (Å²) in [4.78, 5) is 23.6. The Morgan fingerprint density at radius 1 is 1.32 bits per heavy atom. The van der Waals surface area contributed by atoms with Gasteiger partial charge in [-0.1, -0.05) is 34.8 Å². The first-order chi connectivity index (χ1) is 8.94. The lowest BCUT2D eigenvalue weighted by molar-refractivity contribution is -0.144. The molecule has 0 heterocycles. The molecule has 0 saturated heterocycles. The SMILES string of the molecule is Cc1ccc(C(=O)NC2(C(=O)O)CCCC2)cc1Br. The number of carboxylic acid groups (broad SMARTS) is 1. The number of aliphatic carboxylic acids is 1. The highest BCUT2D eigenvalue weighted by atomic mass is 79.9. The topological polar surface area (TPSA) is 66.4 Å². The number of halogens is 1. The molecule has 19 heavy (non-hydrogen) atoms. The van der Waals surface area contributed by atoms with E-state index in [1.807, 2.05) is 13.0 Å². The average Bonchev–Trinajstić information content (AvgIpc) is 2.82. The monoisotopic (exact) mass is 325 g/mol. The number of aryl methyl sites for hydroxylation is 1. The molecule has 4 nitrogen and oxygen atoms in total.